The predicted molar refractivity (Wildman–Crippen MR) is 190 cm³/mol. The molecule has 5 nitrogen and oxygen atoms in total. The first-order chi connectivity index (χ1) is 21.5. The Kier molecular flexibility index (Phi) is 13.4. The number of unbranched alkanes of at least 4 members (excludes halogenated alkanes) is 6. The van der Waals surface area contributed by atoms with Crippen molar-refractivity contribution < 1.29 is 9.53 Å². The molecule has 45 heavy (non-hydrogen) atoms. The fourth-order valence-electron chi connectivity index (χ4n) is 12.1. The van der Waals surface area contributed by atoms with E-state index < -0.39 is 6.09 Å². The SMILES string of the molecule is CC(C)CCC[C@@H](C)[C@H]1CC[C@H]2[C@@H]3CC=C4C[C@@H](OC(N)=O)CC(CCCCCCN)(CCCCCCN)[C@]4(C)[C@H]3CC[C@]12C. The Morgan fingerprint density at radius 1 is 0.867 bits per heavy atom. The van der Waals surface area contributed by atoms with Crippen molar-refractivity contribution in [1.29, 1.82) is 0 Å². The van der Waals surface area contributed by atoms with Crippen LogP contribution < -0.4 is 17.2 Å². The van der Waals surface area contributed by atoms with E-state index in [1.165, 1.54) is 103 Å². The highest BCUT2D eigenvalue weighted by Gasteiger charge is 2.64. The number of hydrogen-bond acceptors (Lipinski definition) is 4. The highest BCUT2D eigenvalue weighted by Crippen LogP contribution is 2.72. The van der Waals surface area contributed by atoms with Crippen molar-refractivity contribution in [3.05, 3.63) is 11.6 Å². The van der Waals surface area contributed by atoms with Crippen LogP contribution in [0.5, 0.6) is 0 Å². The molecule has 6 N–H and O–H groups in total. The second-order valence-corrected chi connectivity index (χ2v) is 17.2. The van der Waals surface area contributed by atoms with Crippen LogP contribution >= 0.6 is 0 Å². The van der Waals surface area contributed by atoms with Gasteiger partial charge in [0.1, 0.15) is 6.10 Å². The predicted octanol–water partition coefficient (Wildman–Crippen LogP) is 9.91. The van der Waals surface area contributed by atoms with E-state index in [2.05, 4.69) is 40.7 Å². The van der Waals surface area contributed by atoms with Gasteiger partial charge in [-0.25, -0.2) is 4.79 Å². The molecule has 0 spiro atoms. The van der Waals surface area contributed by atoms with E-state index in [0.29, 0.717) is 5.41 Å². The van der Waals surface area contributed by atoms with Crippen molar-refractivity contribution in [2.24, 2.45) is 69.0 Å². The minimum atomic E-state index is -0.606. The Bertz CT molecular complexity index is 949. The molecule has 0 saturated heterocycles. The van der Waals surface area contributed by atoms with Crippen molar-refractivity contribution in [2.45, 2.75) is 169 Å². The lowest BCUT2D eigenvalue weighted by atomic mass is 9.39. The van der Waals surface area contributed by atoms with E-state index in [0.717, 1.165) is 74.3 Å². The summed E-state index contributed by atoms with van der Waals surface area (Å²) in [4.78, 5) is 12.1. The Hall–Kier alpha value is -1.07. The molecule has 4 aliphatic rings. The lowest BCUT2D eigenvalue weighted by Crippen LogP contribution is -2.59. The van der Waals surface area contributed by atoms with Gasteiger partial charge in [0.05, 0.1) is 0 Å². The summed E-state index contributed by atoms with van der Waals surface area (Å²) in [6.45, 7) is 14.3. The summed E-state index contributed by atoms with van der Waals surface area (Å²) >= 11 is 0. The first-order valence-electron chi connectivity index (χ1n) is 19.6. The molecule has 1 amide bonds. The minimum absolute atomic E-state index is 0.0946. The zero-order valence-corrected chi connectivity index (χ0v) is 30.2. The molecule has 4 aliphatic carbocycles. The maximum atomic E-state index is 12.1. The van der Waals surface area contributed by atoms with E-state index in [4.69, 9.17) is 21.9 Å². The third-order valence-electron chi connectivity index (χ3n) is 14.4. The summed E-state index contributed by atoms with van der Waals surface area (Å²) in [5.74, 6) is 4.89. The van der Waals surface area contributed by atoms with E-state index in [1.54, 1.807) is 5.57 Å². The van der Waals surface area contributed by atoms with Gasteiger partial charge in [0.2, 0.25) is 0 Å². The lowest BCUT2D eigenvalue weighted by molar-refractivity contribution is -0.127. The van der Waals surface area contributed by atoms with Crippen LogP contribution in [0.15, 0.2) is 11.6 Å². The van der Waals surface area contributed by atoms with Crippen LogP contribution in [0.25, 0.3) is 0 Å². The normalized spacial score (nSPS) is 34.5. The minimum Gasteiger partial charge on any atom is -0.446 e. The molecule has 0 aromatic heterocycles. The second-order valence-electron chi connectivity index (χ2n) is 17.2. The summed E-state index contributed by atoms with van der Waals surface area (Å²) < 4.78 is 5.90. The maximum absolute atomic E-state index is 12.1. The average molecular weight is 628 g/mol. The van der Waals surface area contributed by atoms with Crippen molar-refractivity contribution in [1.82, 2.24) is 0 Å². The van der Waals surface area contributed by atoms with Crippen molar-refractivity contribution in [2.75, 3.05) is 13.1 Å². The van der Waals surface area contributed by atoms with Gasteiger partial charge in [-0.1, -0.05) is 104 Å². The van der Waals surface area contributed by atoms with E-state index in [1.807, 2.05) is 0 Å². The molecule has 0 heterocycles. The molecule has 0 radical (unpaired) electrons. The van der Waals surface area contributed by atoms with Crippen LogP contribution in [0.1, 0.15) is 163 Å². The molecular formula is C40H73N3O2. The fraction of sp³-hybridized carbons (Fsp3) is 0.925. The molecule has 0 aliphatic heterocycles. The number of primary amides is 1. The Morgan fingerprint density at radius 3 is 2.11 bits per heavy atom. The first kappa shape index (κ1) is 36.8. The number of carbonyl (C=O) groups is 1. The van der Waals surface area contributed by atoms with E-state index in [9.17, 15) is 4.79 Å². The summed E-state index contributed by atoms with van der Waals surface area (Å²) in [5.41, 5.74) is 19.8. The van der Waals surface area contributed by atoms with Crippen LogP contribution in [0.3, 0.4) is 0 Å². The summed E-state index contributed by atoms with van der Waals surface area (Å²) in [5, 5.41) is 0. The molecule has 0 unspecified atom stereocenters. The number of rotatable bonds is 18. The fourth-order valence-corrected chi connectivity index (χ4v) is 12.1. The van der Waals surface area contributed by atoms with Gasteiger partial charge in [-0.3, -0.25) is 0 Å². The summed E-state index contributed by atoms with van der Waals surface area (Å²) in [6.07, 6.45) is 26.9. The molecule has 4 rings (SSSR count). The Labute approximate surface area is 278 Å². The van der Waals surface area contributed by atoms with Gasteiger partial charge in [0.25, 0.3) is 0 Å². The largest absolute Gasteiger partial charge is 0.446 e. The van der Waals surface area contributed by atoms with Crippen molar-refractivity contribution in [3.63, 3.8) is 0 Å². The van der Waals surface area contributed by atoms with Crippen LogP contribution in [0.4, 0.5) is 4.79 Å². The Morgan fingerprint density at radius 2 is 1.51 bits per heavy atom. The Balaban J connectivity index is 1.63. The van der Waals surface area contributed by atoms with Crippen LogP contribution in [0.2, 0.25) is 0 Å². The quantitative estimate of drug-likeness (QED) is 0.104. The van der Waals surface area contributed by atoms with Crippen LogP contribution in [-0.2, 0) is 4.74 Å². The molecular weight excluding hydrogens is 554 g/mol. The summed E-state index contributed by atoms with van der Waals surface area (Å²) in [7, 11) is 0. The summed E-state index contributed by atoms with van der Waals surface area (Å²) in [6, 6.07) is 0. The van der Waals surface area contributed by atoms with Gasteiger partial charge in [-0.05, 0) is 129 Å². The average Bonchev–Trinajstić information content (AvgIpc) is 3.34. The van der Waals surface area contributed by atoms with Gasteiger partial charge < -0.3 is 21.9 Å². The molecule has 0 aromatic rings. The monoisotopic (exact) mass is 628 g/mol. The molecule has 8 atom stereocenters. The van der Waals surface area contributed by atoms with E-state index >= 15 is 0 Å². The number of fused-ring (bicyclic) bond motifs is 5. The molecule has 3 fully saturated rings. The van der Waals surface area contributed by atoms with Crippen LogP contribution in [-0.4, -0.2) is 25.3 Å². The maximum Gasteiger partial charge on any atom is 0.404 e. The lowest BCUT2D eigenvalue weighted by Gasteiger charge is -2.65. The molecule has 260 valence electrons. The van der Waals surface area contributed by atoms with Crippen molar-refractivity contribution in [3.8, 4) is 0 Å². The number of hydrogen-bond donors (Lipinski definition) is 3. The third-order valence-corrected chi connectivity index (χ3v) is 14.4. The van der Waals surface area contributed by atoms with Gasteiger partial charge in [0, 0.05) is 6.42 Å². The van der Waals surface area contributed by atoms with Gasteiger partial charge in [-0.2, -0.15) is 0 Å². The standard InChI is InChI=1S/C40H73N3O2/c1-29(2)15-14-16-30(3)34-19-20-35-33-18-17-31-27-32(45-37(43)44)28-40(22-10-6-8-12-25-41,23-11-7-9-13-26-42)39(31,5)36(33)21-24-38(34,35)4/h17,29-30,32-36H,6-16,18-28,41-42H2,1-5H3,(H2,43,44)/t30-,32-,33+,34-,35+,36+,38-,39+/m1/s1. The molecule has 5 heteroatoms. The molecule has 0 bridgehead atoms. The number of carbonyl (C=O) groups excluding carboxylic acids is 1. The zero-order valence-electron chi connectivity index (χ0n) is 30.2. The highest BCUT2D eigenvalue weighted by atomic mass is 16.6. The van der Waals surface area contributed by atoms with Gasteiger partial charge in [-0.15, -0.1) is 0 Å². The number of nitrogens with two attached hydrogens (primary N) is 3. The number of ether oxygens (including phenoxy) is 1. The topological polar surface area (TPSA) is 104 Å². The van der Waals surface area contributed by atoms with Crippen LogP contribution in [0, 0.1) is 51.8 Å². The second kappa shape index (κ2) is 16.4. The smallest absolute Gasteiger partial charge is 0.404 e. The third kappa shape index (κ3) is 7.98. The van der Waals surface area contributed by atoms with Crippen molar-refractivity contribution >= 4 is 6.09 Å². The number of amides is 1. The first-order valence-corrected chi connectivity index (χ1v) is 19.6. The molecule has 3 saturated carbocycles. The van der Waals surface area contributed by atoms with Gasteiger partial charge in [0.15, 0.2) is 0 Å². The zero-order chi connectivity index (χ0) is 32.7. The number of allylic oxidation sites excluding steroid dienone is 1. The van der Waals surface area contributed by atoms with E-state index in [-0.39, 0.29) is 16.9 Å². The van der Waals surface area contributed by atoms with Gasteiger partial charge >= 0.3 is 6.09 Å². The molecule has 0 aromatic carbocycles. The highest BCUT2D eigenvalue weighted by molar-refractivity contribution is 5.65.